The van der Waals surface area contributed by atoms with Gasteiger partial charge < -0.3 is 15.4 Å². The average Bonchev–Trinajstić information content (AvgIpc) is 2.20. The van der Waals surface area contributed by atoms with Gasteiger partial charge in [0.05, 0.1) is 12.6 Å². The molecule has 2 atom stereocenters. The van der Waals surface area contributed by atoms with Crippen molar-refractivity contribution in [3.63, 3.8) is 0 Å². The summed E-state index contributed by atoms with van der Waals surface area (Å²) >= 11 is 0. The molecule has 0 fully saturated rings. The Morgan fingerprint density at radius 3 is 2.17 bits per heavy atom. The zero-order chi connectivity index (χ0) is 14.3. The van der Waals surface area contributed by atoms with Gasteiger partial charge in [-0.3, -0.25) is 4.79 Å². The van der Waals surface area contributed by atoms with Crippen molar-refractivity contribution in [2.24, 2.45) is 5.92 Å². The van der Waals surface area contributed by atoms with Crippen LogP contribution in [0.25, 0.3) is 0 Å². The van der Waals surface area contributed by atoms with Gasteiger partial charge in [0.2, 0.25) is 5.91 Å². The first-order valence-electron chi connectivity index (χ1n) is 6.83. The summed E-state index contributed by atoms with van der Waals surface area (Å²) in [5.41, 5.74) is -0.194. The molecule has 18 heavy (non-hydrogen) atoms. The molecule has 0 aromatic carbocycles. The Morgan fingerprint density at radius 2 is 1.78 bits per heavy atom. The quantitative estimate of drug-likeness (QED) is 0.734. The normalized spacial score (nSPS) is 15.6. The van der Waals surface area contributed by atoms with Crippen molar-refractivity contribution in [2.75, 3.05) is 13.2 Å². The van der Waals surface area contributed by atoms with Crippen molar-refractivity contribution >= 4 is 5.91 Å². The first kappa shape index (κ1) is 17.4. The van der Waals surface area contributed by atoms with Crippen molar-refractivity contribution in [2.45, 2.75) is 66.1 Å². The van der Waals surface area contributed by atoms with Gasteiger partial charge in [-0.05, 0) is 40.5 Å². The molecular weight excluding hydrogens is 228 g/mol. The van der Waals surface area contributed by atoms with Gasteiger partial charge >= 0.3 is 0 Å². The van der Waals surface area contributed by atoms with Crippen LogP contribution in [0.3, 0.4) is 0 Å². The molecule has 1 amide bonds. The molecule has 4 heteroatoms. The van der Waals surface area contributed by atoms with Crippen LogP contribution in [0.5, 0.6) is 0 Å². The molecule has 0 aliphatic heterocycles. The predicted molar refractivity (Wildman–Crippen MR) is 75.6 cm³/mol. The Bertz CT molecular complexity index is 247. The highest BCUT2D eigenvalue weighted by Crippen LogP contribution is 2.05. The lowest BCUT2D eigenvalue weighted by atomic mass is 10.0. The van der Waals surface area contributed by atoms with Crippen LogP contribution in [0.4, 0.5) is 0 Å². The smallest absolute Gasteiger partial charge is 0.237 e. The maximum absolute atomic E-state index is 12.0. The Morgan fingerprint density at radius 1 is 1.22 bits per heavy atom. The Labute approximate surface area is 112 Å². The predicted octanol–water partition coefficient (Wildman–Crippen LogP) is 1.94. The van der Waals surface area contributed by atoms with E-state index < -0.39 is 0 Å². The standard InChI is InChI=1S/C14H30N2O2/c1-8-18-9-12(10(2)3)15-11(4)13(17)16-14(5,6)7/h10-12,15H,8-9H2,1-7H3,(H,16,17). The molecule has 0 rings (SSSR count). The van der Waals surface area contributed by atoms with Gasteiger partial charge in [0.25, 0.3) is 0 Å². The zero-order valence-corrected chi connectivity index (χ0v) is 13.0. The summed E-state index contributed by atoms with van der Waals surface area (Å²) in [4.78, 5) is 12.0. The minimum absolute atomic E-state index is 0.0321. The van der Waals surface area contributed by atoms with Gasteiger partial charge in [0.15, 0.2) is 0 Å². The lowest BCUT2D eigenvalue weighted by Gasteiger charge is -2.28. The van der Waals surface area contributed by atoms with E-state index in [1.165, 1.54) is 0 Å². The van der Waals surface area contributed by atoms with Crippen LogP contribution in [0.2, 0.25) is 0 Å². The Balaban J connectivity index is 4.31. The van der Waals surface area contributed by atoms with Gasteiger partial charge in [0, 0.05) is 18.2 Å². The molecule has 0 radical (unpaired) electrons. The second-order valence-corrected chi connectivity index (χ2v) is 6.14. The maximum Gasteiger partial charge on any atom is 0.237 e. The van der Waals surface area contributed by atoms with E-state index in [9.17, 15) is 4.79 Å². The van der Waals surface area contributed by atoms with Crippen LogP contribution >= 0.6 is 0 Å². The minimum atomic E-state index is -0.211. The van der Waals surface area contributed by atoms with E-state index in [4.69, 9.17) is 4.74 Å². The highest BCUT2D eigenvalue weighted by atomic mass is 16.5. The van der Waals surface area contributed by atoms with Gasteiger partial charge in [0.1, 0.15) is 0 Å². The summed E-state index contributed by atoms with van der Waals surface area (Å²) in [7, 11) is 0. The molecular formula is C14H30N2O2. The van der Waals surface area contributed by atoms with E-state index in [1.54, 1.807) is 0 Å². The lowest BCUT2D eigenvalue weighted by Crippen LogP contribution is -2.53. The summed E-state index contributed by atoms with van der Waals surface area (Å²) in [6, 6.07) is -0.0113. The van der Waals surface area contributed by atoms with Gasteiger partial charge in [-0.1, -0.05) is 13.8 Å². The van der Waals surface area contributed by atoms with E-state index in [0.29, 0.717) is 19.1 Å². The Kier molecular flexibility index (Phi) is 7.48. The number of hydrogen-bond donors (Lipinski definition) is 2. The second-order valence-electron chi connectivity index (χ2n) is 6.14. The van der Waals surface area contributed by atoms with Crippen molar-refractivity contribution in [3.05, 3.63) is 0 Å². The third-order valence-electron chi connectivity index (χ3n) is 2.66. The van der Waals surface area contributed by atoms with E-state index in [1.807, 2.05) is 34.6 Å². The van der Waals surface area contributed by atoms with Gasteiger partial charge in [-0.2, -0.15) is 0 Å². The first-order valence-corrected chi connectivity index (χ1v) is 6.83. The Hall–Kier alpha value is -0.610. The molecule has 2 N–H and O–H groups in total. The number of carbonyl (C=O) groups excluding carboxylic acids is 1. The molecule has 0 aliphatic rings. The molecule has 0 saturated heterocycles. The molecule has 0 aromatic heterocycles. The second kappa shape index (κ2) is 7.74. The fraction of sp³-hybridized carbons (Fsp3) is 0.929. The molecule has 0 saturated carbocycles. The van der Waals surface area contributed by atoms with Crippen LogP contribution in [0.1, 0.15) is 48.5 Å². The van der Waals surface area contributed by atoms with E-state index >= 15 is 0 Å². The maximum atomic E-state index is 12.0. The highest BCUT2D eigenvalue weighted by Gasteiger charge is 2.23. The number of rotatable bonds is 7. The third kappa shape index (κ3) is 7.67. The van der Waals surface area contributed by atoms with Crippen LogP contribution in [-0.2, 0) is 9.53 Å². The highest BCUT2D eigenvalue weighted by molar-refractivity contribution is 5.81. The number of amides is 1. The molecule has 2 unspecified atom stereocenters. The summed E-state index contributed by atoms with van der Waals surface area (Å²) in [6.45, 7) is 15.4. The number of ether oxygens (including phenoxy) is 1. The number of hydrogen-bond acceptors (Lipinski definition) is 3. The fourth-order valence-electron chi connectivity index (χ4n) is 1.55. The molecule has 0 aromatic rings. The summed E-state index contributed by atoms with van der Waals surface area (Å²) in [5, 5.41) is 6.31. The van der Waals surface area contributed by atoms with Crippen molar-refractivity contribution in [1.82, 2.24) is 10.6 Å². The van der Waals surface area contributed by atoms with Crippen LogP contribution < -0.4 is 10.6 Å². The first-order chi connectivity index (χ1) is 8.17. The lowest BCUT2D eigenvalue weighted by molar-refractivity contribution is -0.124. The fourth-order valence-corrected chi connectivity index (χ4v) is 1.55. The van der Waals surface area contributed by atoms with Crippen molar-refractivity contribution in [3.8, 4) is 0 Å². The van der Waals surface area contributed by atoms with Gasteiger partial charge in [-0.15, -0.1) is 0 Å². The van der Waals surface area contributed by atoms with Crippen LogP contribution in [-0.4, -0.2) is 36.7 Å². The molecule has 0 bridgehead atoms. The van der Waals surface area contributed by atoms with Crippen LogP contribution in [0, 0.1) is 5.92 Å². The molecule has 0 heterocycles. The molecule has 0 spiro atoms. The zero-order valence-electron chi connectivity index (χ0n) is 13.0. The molecule has 4 nitrogen and oxygen atoms in total. The average molecular weight is 258 g/mol. The molecule has 0 aliphatic carbocycles. The van der Waals surface area contributed by atoms with Crippen LogP contribution in [0.15, 0.2) is 0 Å². The summed E-state index contributed by atoms with van der Waals surface area (Å²) in [5.74, 6) is 0.464. The van der Waals surface area contributed by atoms with Crippen molar-refractivity contribution in [1.29, 1.82) is 0 Å². The summed E-state index contributed by atoms with van der Waals surface area (Å²) in [6.07, 6.45) is 0. The monoisotopic (exact) mass is 258 g/mol. The SMILES string of the molecule is CCOCC(NC(C)C(=O)NC(C)(C)C)C(C)C. The van der Waals surface area contributed by atoms with E-state index in [2.05, 4.69) is 24.5 Å². The summed E-state index contributed by atoms with van der Waals surface area (Å²) < 4.78 is 5.44. The number of carbonyl (C=O) groups is 1. The topological polar surface area (TPSA) is 50.4 Å². The number of nitrogens with one attached hydrogen (secondary N) is 2. The van der Waals surface area contributed by atoms with E-state index in [0.717, 1.165) is 0 Å². The van der Waals surface area contributed by atoms with Crippen molar-refractivity contribution < 1.29 is 9.53 Å². The minimum Gasteiger partial charge on any atom is -0.380 e. The van der Waals surface area contributed by atoms with Gasteiger partial charge in [-0.25, -0.2) is 0 Å². The largest absolute Gasteiger partial charge is 0.380 e. The van der Waals surface area contributed by atoms with E-state index in [-0.39, 0.29) is 23.5 Å². The third-order valence-corrected chi connectivity index (χ3v) is 2.66. The molecule has 108 valence electrons.